The summed E-state index contributed by atoms with van der Waals surface area (Å²) in [6.45, 7) is 0. The van der Waals surface area contributed by atoms with Gasteiger partial charge in [0.25, 0.3) is 0 Å². The second-order valence-corrected chi connectivity index (χ2v) is 1.06. The molecule has 0 bridgehead atoms. The zero-order valence-electron chi connectivity index (χ0n) is 2.38. The van der Waals surface area contributed by atoms with Crippen LogP contribution in [0, 0.1) is 0 Å². The predicted octanol–water partition coefficient (Wildman–Crippen LogP) is -0.752. The highest BCUT2D eigenvalue weighted by molar-refractivity contribution is 7.31. The lowest BCUT2D eigenvalue weighted by atomic mass is 13.6. The number of rotatable bonds is 1. The van der Waals surface area contributed by atoms with Crippen molar-refractivity contribution in [1.82, 2.24) is 0 Å². The molecule has 0 aromatic carbocycles. The summed E-state index contributed by atoms with van der Waals surface area (Å²) in [6, 6.07) is 0. The standard InChI is InChI=1S/H3NO3P/c1-4-5(2)3/h1H3/q+2. The Labute approximate surface area is 29.5 Å². The van der Waals surface area contributed by atoms with Crippen molar-refractivity contribution in [2.45, 2.75) is 0 Å². The van der Waals surface area contributed by atoms with E-state index < -0.39 is 8.25 Å². The molecule has 0 aliphatic carbocycles. The molecule has 0 aliphatic heterocycles. The van der Waals surface area contributed by atoms with Crippen LogP contribution in [0.2, 0.25) is 0 Å². The van der Waals surface area contributed by atoms with Gasteiger partial charge >= 0.3 is 8.25 Å². The maximum Gasteiger partial charge on any atom is 0.785 e. The Kier molecular flexibility index (Phi) is 2.22. The van der Waals surface area contributed by atoms with Crippen molar-refractivity contribution < 1.29 is 20.0 Å². The molecular formula is H3NO3P+2. The summed E-state index contributed by atoms with van der Waals surface area (Å²) < 4.78 is 12.6. The van der Waals surface area contributed by atoms with Crippen molar-refractivity contribution >= 4 is 8.25 Å². The van der Waals surface area contributed by atoms with Gasteiger partial charge in [-0.1, -0.05) is 0 Å². The monoisotopic (exact) mass is 96.0 g/mol. The third kappa shape index (κ3) is 3.98. The van der Waals surface area contributed by atoms with E-state index in [1.54, 1.807) is 0 Å². The summed E-state index contributed by atoms with van der Waals surface area (Å²) in [5.41, 5.74) is 0. The van der Waals surface area contributed by atoms with Gasteiger partial charge in [-0.3, -0.25) is 0 Å². The van der Waals surface area contributed by atoms with Gasteiger partial charge in [0.1, 0.15) is 4.89 Å². The minimum Gasteiger partial charge on any atom is -0.159 e. The van der Waals surface area contributed by atoms with Crippen LogP contribution < -0.4 is 5.90 Å². The molecular weight excluding hydrogens is 93.0 g/mol. The van der Waals surface area contributed by atoms with E-state index in [0.29, 0.717) is 0 Å². The van der Waals surface area contributed by atoms with Gasteiger partial charge in [-0.15, -0.1) is 0 Å². The number of hydrogen-bond acceptors (Lipinski definition) is 2. The maximum atomic E-state index is 9.12. The van der Waals surface area contributed by atoms with Crippen LogP contribution in [0.3, 0.4) is 0 Å². The van der Waals surface area contributed by atoms with Crippen LogP contribution in [0.4, 0.5) is 0 Å². The summed E-state index contributed by atoms with van der Waals surface area (Å²) >= 11 is 0. The Morgan fingerprint density at radius 1 is 1.80 bits per heavy atom. The van der Waals surface area contributed by atoms with Gasteiger partial charge in [-0.2, -0.15) is 5.90 Å². The Bertz CT molecular complexity index is 42.2. The first-order valence-electron chi connectivity index (χ1n) is 0.836. The average molecular weight is 96.0 g/mol. The zero-order valence-corrected chi connectivity index (χ0v) is 3.27. The minimum atomic E-state index is -2.71. The van der Waals surface area contributed by atoms with Gasteiger partial charge in [0.15, 0.2) is 0 Å². The molecule has 0 spiro atoms. The minimum absolute atomic E-state index is 2.59. The highest BCUT2D eigenvalue weighted by atomic mass is 31.1. The summed E-state index contributed by atoms with van der Waals surface area (Å²) in [5, 5.41) is 0. The number of quaternary nitrogens is 1. The molecule has 4 nitrogen and oxygen atoms in total. The lowest BCUT2D eigenvalue weighted by molar-refractivity contribution is -0.638. The van der Waals surface area contributed by atoms with Crippen LogP contribution in [-0.4, -0.2) is 0 Å². The smallest absolute Gasteiger partial charge is 0.159 e. The van der Waals surface area contributed by atoms with Gasteiger partial charge in [-0.25, -0.2) is 0 Å². The van der Waals surface area contributed by atoms with E-state index in [1.807, 2.05) is 0 Å². The third-order valence-corrected chi connectivity index (χ3v) is 0.316. The fourth-order valence-corrected chi connectivity index (χ4v) is 0. The average Bonchev–Trinajstić information content (AvgIpc) is 1.38. The topological polar surface area (TPSA) is 73.8 Å². The van der Waals surface area contributed by atoms with E-state index >= 15 is 0 Å². The molecule has 5 heavy (non-hydrogen) atoms. The molecule has 0 amide bonds. The molecule has 1 atom stereocenters. The first kappa shape index (κ1) is 4.98. The van der Waals surface area contributed by atoms with Crippen molar-refractivity contribution in [3.05, 3.63) is 0 Å². The first-order chi connectivity index (χ1) is 2.27. The van der Waals surface area contributed by atoms with Gasteiger partial charge in [0.05, 0.1) is 4.62 Å². The lowest BCUT2D eigenvalue weighted by Crippen LogP contribution is -2.45. The summed E-state index contributed by atoms with van der Waals surface area (Å²) in [7, 11) is -2.71. The van der Waals surface area contributed by atoms with Crippen LogP contribution in [0.25, 0.3) is 0 Å². The Hall–Kier alpha value is -0.0200. The predicted molar refractivity (Wildman–Crippen MR) is 12.3 cm³/mol. The Morgan fingerprint density at radius 3 is 2.00 bits per heavy atom. The van der Waals surface area contributed by atoms with E-state index in [9.17, 15) is 0 Å². The zero-order chi connectivity index (χ0) is 4.28. The van der Waals surface area contributed by atoms with Crippen LogP contribution in [0.1, 0.15) is 0 Å². The second kappa shape index (κ2) is 2.23. The van der Waals surface area contributed by atoms with Crippen molar-refractivity contribution in [1.29, 1.82) is 0 Å². The maximum absolute atomic E-state index is 9.12. The molecule has 3 N–H and O–H groups in total. The van der Waals surface area contributed by atoms with E-state index in [0.717, 1.165) is 0 Å². The van der Waals surface area contributed by atoms with E-state index in [4.69, 9.17) is 9.46 Å². The molecule has 29 valence electrons. The molecule has 0 rings (SSSR count). The van der Waals surface area contributed by atoms with Gasteiger partial charge < -0.3 is 0 Å². The Morgan fingerprint density at radius 2 is 2.00 bits per heavy atom. The lowest BCUT2D eigenvalue weighted by Gasteiger charge is -1.47. The number of hydrogen-bond donors (Lipinski definition) is 1. The quantitative estimate of drug-likeness (QED) is 0.344. The Balaban J connectivity index is 2.85. The van der Waals surface area contributed by atoms with Crippen molar-refractivity contribution in [2.75, 3.05) is 0 Å². The van der Waals surface area contributed by atoms with Gasteiger partial charge in [0.2, 0.25) is 0 Å². The van der Waals surface area contributed by atoms with E-state index in [1.165, 1.54) is 0 Å². The fourth-order valence-electron chi connectivity index (χ4n) is 0. The largest absolute Gasteiger partial charge is 0.785 e. The van der Waals surface area contributed by atoms with Crippen molar-refractivity contribution in [3.63, 3.8) is 0 Å². The summed E-state index contributed by atoms with van der Waals surface area (Å²) in [5.74, 6) is 2.59. The molecule has 0 aliphatic rings. The van der Waals surface area contributed by atoms with Gasteiger partial charge in [-0.05, 0) is 0 Å². The molecule has 5 heteroatoms. The molecule has 0 saturated heterocycles. The summed E-state index contributed by atoms with van der Waals surface area (Å²) in [4.78, 5) is 9.12. The molecule has 0 heterocycles. The molecule has 0 fully saturated rings. The molecule has 1 unspecified atom stereocenters. The third-order valence-electron chi connectivity index (χ3n) is 0.105. The molecule has 0 saturated carbocycles. The first-order valence-corrected chi connectivity index (χ1v) is 1.93. The molecule has 0 aromatic heterocycles. The van der Waals surface area contributed by atoms with E-state index in [2.05, 4.69) is 10.5 Å². The highest BCUT2D eigenvalue weighted by Crippen LogP contribution is 2.07. The highest BCUT2D eigenvalue weighted by Gasteiger charge is 2.14. The second-order valence-electron chi connectivity index (χ2n) is 0.353. The SMILES string of the molecule is [NH3+]O[P+]([O])=O. The van der Waals surface area contributed by atoms with Crippen molar-refractivity contribution in [3.8, 4) is 0 Å². The van der Waals surface area contributed by atoms with E-state index in [-0.39, 0.29) is 0 Å². The van der Waals surface area contributed by atoms with Gasteiger partial charge in [0, 0.05) is 4.57 Å². The molecule has 1 radical (unpaired) electrons. The summed E-state index contributed by atoms with van der Waals surface area (Å²) in [6.07, 6.45) is 0. The normalized spacial score (nSPS) is 11.2. The van der Waals surface area contributed by atoms with Crippen LogP contribution in [-0.2, 0) is 14.1 Å². The fraction of sp³-hybridized carbons (Fsp3) is 0. The molecule has 0 aromatic rings. The van der Waals surface area contributed by atoms with Crippen molar-refractivity contribution in [2.24, 2.45) is 0 Å². The van der Waals surface area contributed by atoms with Crippen LogP contribution >= 0.6 is 8.25 Å². The van der Waals surface area contributed by atoms with Crippen LogP contribution in [0.15, 0.2) is 0 Å². The van der Waals surface area contributed by atoms with Crippen LogP contribution in [0.5, 0.6) is 0 Å².